The molecule has 4 aliphatic rings. The van der Waals surface area contributed by atoms with Crippen LogP contribution in [0.1, 0.15) is 5.56 Å². The fraction of sp³-hybridized carbons (Fsp3) is 0.0455. The van der Waals surface area contributed by atoms with Crippen LogP contribution in [0.15, 0.2) is 180 Å². The SMILES string of the molecule is C1=CC2=CC=C3C=CC(c4ccc(-c5ccc(-c6ccc7ccc8cccc9ccc6c7c89)cc5)cc4)=C4C=CC(=C1)C2C34. The molecule has 0 N–H and O–H groups in total. The fourth-order valence-corrected chi connectivity index (χ4v) is 8.14. The molecule has 4 aliphatic carbocycles. The average Bonchev–Trinajstić information content (AvgIpc) is 3.10. The molecular weight excluding hydrogens is 528 g/mol. The minimum atomic E-state index is 0.406. The second-order valence-corrected chi connectivity index (χ2v) is 12.5. The molecule has 0 bridgehead atoms. The van der Waals surface area contributed by atoms with E-state index in [0.717, 1.165) is 0 Å². The van der Waals surface area contributed by atoms with E-state index < -0.39 is 0 Å². The van der Waals surface area contributed by atoms with Crippen LogP contribution in [0.3, 0.4) is 0 Å². The molecule has 6 aromatic carbocycles. The molecule has 0 heterocycles. The van der Waals surface area contributed by atoms with Gasteiger partial charge in [-0.2, -0.15) is 0 Å². The van der Waals surface area contributed by atoms with Gasteiger partial charge in [0.05, 0.1) is 0 Å². The van der Waals surface area contributed by atoms with Gasteiger partial charge in [0, 0.05) is 11.8 Å². The van der Waals surface area contributed by atoms with Gasteiger partial charge in [-0.15, -0.1) is 0 Å². The fourth-order valence-electron chi connectivity index (χ4n) is 8.14. The molecule has 10 rings (SSSR count). The molecule has 0 heteroatoms. The van der Waals surface area contributed by atoms with Crippen molar-refractivity contribution in [3.8, 4) is 22.3 Å². The minimum Gasteiger partial charge on any atom is -0.0617 e. The zero-order chi connectivity index (χ0) is 28.8. The first-order valence-corrected chi connectivity index (χ1v) is 15.6. The Kier molecular flexibility index (Phi) is 4.93. The van der Waals surface area contributed by atoms with E-state index >= 15 is 0 Å². The normalized spacial score (nSPS) is 19.9. The van der Waals surface area contributed by atoms with Crippen LogP contribution in [0, 0.1) is 11.8 Å². The maximum Gasteiger partial charge on any atom is 0.0205 e. The van der Waals surface area contributed by atoms with Gasteiger partial charge >= 0.3 is 0 Å². The number of rotatable bonds is 3. The number of allylic oxidation sites excluding steroid dienone is 14. The van der Waals surface area contributed by atoms with Gasteiger partial charge in [-0.05, 0) is 88.0 Å². The van der Waals surface area contributed by atoms with E-state index in [1.54, 1.807) is 0 Å². The van der Waals surface area contributed by atoms with Gasteiger partial charge in [-0.25, -0.2) is 0 Å². The Hall–Kier alpha value is -5.46. The molecule has 0 fully saturated rings. The monoisotopic (exact) mass is 556 g/mol. The van der Waals surface area contributed by atoms with Crippen LogP contribution in [0.5, 0.6) is 0 Å². The highest BCUT2D eigenvalue weighted by molar-refractivity contribution is 6.25. The molecule has 6 aromatic rings. The van der Waals surface area contributed by atoms with Gasteiger partial charge in [-0.1, -0.05) is 158 Å². The molecule has 204 valence electrons. The lowest BCUT2D eigenvalue weighted by molar-refractivity contribution is 0.566. The Balaban J connectivity index is 0.996. The molecule has 2 atom stereocenters. The van der Waals surface area contributed by atoms with Crippen molar-refractivity contribution in [1.29, 1.82) is 0 Å². The largest absolute Gasteiger partial charge is 0.0617 e. The molecule has 0 amide bonds. The number of hydrogen-bond donors (Lipinski definition) is 0. The standard InChI is InChI=1S/C44H28/c1-3-31-15-17-35-19-23-37(39-25-21-33(5-1)41(31)43(35)39)29-11-7-27(8-12-29)28-9-13-30(14-10-28)38-24-20-36-18-16-32-4-2-6-34-22-26-40(38)44(36)42(32)34/h1-26,41,43H. The summed E-state index contributed by atoms with van der Waals surface area (Å²) in [7, 11) is 0. The third kappa shape index (κ3) is 3.40. The van der Waals surface area contributed by atoms with Gasteiger partial charge in [0.25, 0.3) is 0 Å². The first-order valence-electron chi connectivity index (χ1n) is 15.6. The molecule has 0 spiro atoms. The first-order chi connectivity index (χ1) is 21.8. The summed E-state index contributed by atoms with van der Waals surface area (Å²) in [4.78, 5) is 0. The minimum absolute atomic E-state index is 0.406. The van der Waals surface area contributed by atoms with Crippen LogP contribution in [0.25, 0.3) is 60.1 Å². The van der Waals surface area contributed by atoms with Crippen molar-refractivity contribution in [2.24, 2.45) is 11.8 Å². The molecule has 0 radical (unpaired) electrons. The molecule has 0 aliphatic heterocycles. The zero-order valence-electron chi connectivity index (χ0n) is 24.2. The quantitative estimate of drug-likeness (QED) is 0.190. The van der Waals surface area contributed by atoms with Crippen molar-refractivity contribution in [3.05, 3.63) is 186 Å². The summed E-state index contributed by atoms with van der Waals surface area (Å²) >= 11 is 0. The Morgan fingerprint density at radius 2 is 0.977 bits per heavy atom. The summed E-state index contributed by atoms with van der Waals surface area (Å²) in [6.45, 7) is 0. The van der Waals surface area contributed by atoms with Crippen molar-refractivity contribution < 1.29 is 0 Å². The van der Waals surface area contributed by atoms with E-state index in [0.29, 0.717) is 11.8 Å². The second-order valence-electron chi connectivity index (χ2n) is 12.5. The summed E-state index contributed by atoms with van der Waals surface area (Å²) < 4.78 is 0. The molecule has 0 aromatic heterocycles. The summed E-state index contributed by atoms with van der Waals surface area (Å²) in [5.41, 5.74) is 13.4. The van der Waals surface area contributed by atoms with Crippen LogP contribution in [-0.4, -0.2) is 0 Å². The zero-order valence-corrected chi connectivity index (χ0v) is 24.2. The molecule has 2 unspecified atom stereocenters. The van der Waals surface area contributed by atoms with Crippen LogP contribution in [0.2, 0.25) is 0 Å². The topological polar surface area (TPSA) is 0 Å². The van der Waals surface area contributed by atoms with Crippen LogP contribution in [0.4, 0.5) is 0 Å². The Bertz CT molecular complexity index is 2380. The van der Waals surface area contributed by atoms with Crippen molar-refractivity contribution in [2.75, 3.05) is 0 Å². The first kappa shape index (κ1) is 24.0. The Labute approximate surface area is 257 Å². The van der Waals surface area contributed by atoms with E-state index in [4.69, 9.17) is 0 Å². The van der Waals surface area contributed by atoms with Gasteiger partial charge in [0.15, 0.2) is 0 Å². The van der Waals surface area contributed by atoms with Gasteiger partial charge in [-0.3, -0.25) is 0 Å². The van der Waals surface area contributed by atoms with E-state index in [1.807, 2.05) is 0 Å². The van der Waals surface area contributed by atoms with Crippen molar-refractivity contribution in [2.45, 2.75) is 0 Å². The van der Waals surface area contributed by atoms with Crippen LogP contribution >= 0.6 is 0 Å². The highest BCUT2D eigenvalue weighted by Gasteiger charge is 2.38. The number of benzene rings is 6. The van der Waals surface area contributed by atoms with E-state index in [-0.39, 0.29) is 0 Å². The molecule has 0 saturated heterocycles. The highest BCUT2D eigenvalue weighted by Crippen LogP contribution is 2.51. The van der Waals surface area contributed by atoms with Crippen LogP contribution in [-0.2, 0) is 0 Å². The molecular formula is C44H28. The summed E-state index contributed by atoms with van der Waals surface area (Å²) in [6.07, 6.45) is 20.7. The average molecular weight is 557 g/mol. The van der Waals surface area contributed by atoms with Crippen molar-refractivity contribution in [1.82, 2.24) is 0 Å². The van der Waals surface area contributed by atoms with Gasteiger partial charge in [0.1, 0.15) is 0 Å². The third-order valence-corrected chi connectivity index (χ3v) is 10.3. The maximum atomic E-state index is 2.35. The van der Waals surface area contributed by atoms with Crippen molar-refractivity contribution in [3.63, 3.8) is 0 Å². The summed E-state index contributed by atoms with van der Waals surface area (Å²) in [5.74, 6) is 0.842. The maximum absolute atomic E-state index is 2.35. The molecule has 0 saturated carbocycles. The third-order valence-electron chi connectivity index (χ3n) is 10.3. The summed E-state index contributed by atoms with van der Waals surface area (Å²) in [5, 5.41) is 7.97. The molecule has 0 nitrogen and oxygen atoms in total. The molecule has 44 heavy (non-hydrogen) atoms. The van der Waals surface area contributed by atoms with Gasteiger partial charge in [0.2, 0.25) is 0 Å². The lowest BCUT2D eigenvalue weighted by Crippen LogP contribution is -2.29. The lowest BCUT2D eigenvalue weighted by Gasteiger charge is -2.40. The summed E-state index contributed by atoms with van der Waals surface area (Å²) in [6, 6.07) is 38.5. The van der Waals surface area contributed by atoms with E-state index in [9.17, 15) is 0 Å². The van der Waals surface area contributed by atoms with E-state index in [1.165, 1.54) is 88.0 Å². The predicted molar refractivity (Wildman–Crippen MR) is 187 cm³/mol. The highest BCUT2D eigenvalue weighted by atomic mass is 14.4. The van der Waals surface area contributed by atoms with Gasteiger partial charge < -0.3 is 0 Å². The van der Waals surface area contributed by atoms with E-state index in [2.05, 4.69) is 158 Å². The Morgan fingerprint density at radius 3 is 1.75 bits per heavy atom. The smallest absolute Gasteiger partial charge is 0.0205 e. The second kappa shape index (κ2) is 9.02. The van der Waals surface area contributed by atoms with Crippen LogP contribution < -0.4 is 0 Å². The lowest BCUT2D eigenvalue weighted by atomic mass is 9.63. The predicted octanol–water partition coefficient (Wildman–Crippen LogP) is 11.4. The van der Waals surface area contributed by atoms with Crippen molar-refractivity contribution >= 4 is 37.9 Å². The number of hydrogen-bond acceptors (Lipinski definition) is 0. The Morgan fingerprint density at radius 1 is 0.386 bits per heavy atom.